The highest BCUT2D eigenvalue weighted by Crippen LogP contribution is 2.16. The molecule has 0 saturated heterocycles. The van der Waals surface area contributed by atoms with Crippen molar-refractivity contribution in [3.63, 3.8) is 0 Å². The van der Waals surface area contributed by atoms with Crippen molar-refractivity contribution in [1.29, 1.82) is 0 Å². The standard InChI is InChI=1S/C20H19N3O4/c1-13-6-8-15(9-7-13)19-22-17(27-23-19)12-26-18(24)11-21-20(25)16-5-3-4-14(2)10-16/h3-10H,11-12H2,1-2H3,(H,21,25). The zero-order chi connectivity index (χ0) is 19.2. The van der Waals surface area contributed by atoms with Crippen molar-refractivity contribution in [3.05, 3.63) is 71.1 Å². The molecule has 0 aliphatic rings. The summed E-state index contributed by atoms with van der Waals surface area (Å²) in [6.07, 6.45) is 0. The Balaban J connectivity index is 1.48. The first-order valence-electron chi connectivity index (χ1n) is 8.41. The number of carbonyl (C=O) groups excluding carboxylic acids is 2. The molecule has 138 valence electrons. The van der Waals surface area contributed by atoms with Crippen LogP contribution in [0.2, 0.25) is 0 Å². The van der Waals surface area contributed by atoms with Crippen molar-refractivity contribution in [2.45, 2.75) is 20.5 Å². The van der Waals surface area contributed by atoms with Crippen LogP contribution >= 0.6 is 0 Å². The number of hydrogen-bond acceptors (Lipinski definition) is 6. The van der Waals surface area contributed by atoms with Crippen molar-refractivity contribution in [2.75, 3.05) is 6.54 Å². The lowest BCUT2D eigenvalue weighted by molar-refractivity contribution is -0.144. The van der Waals surface area contributed by atoms with Crippen LogP contribution < -0.4 is 5.32 Å². The van der Waals surface area contributed by atoms with Crippen molar-refractivity contribution in [1.82, 2.24) is 15.5 Å². The van der Waals surface area contributed by atoms with E-state index in [4.69, 9.17) is 9.26 Å². The van der Waals surface area contributed by atoms with Crippen LogP contribution in [-0.2, 0) is 16.1 Å². The molecule has 1 N–H and O–H groups in total. The maximum Gasteiger partial charge on any atom is 0.325 e. The molecule has 0 radical (unpaired) electrons. The fraction of sp³-hybridized carbons (Fsp3) is 0.200. The molecule has 0 fully saturated rings. The van der Waals surface area contributed by atoms with Crippen molar-refractivity contribution >= 4 is 11.9 Å². The molecule has 0 aliphatic heterocycles. The number of benzene rings is 2. The third-order valence-corrected chi connectivity index (χ3v) is 3.81. The number of rotatable bonds is 6. The van der Waals surface area contributed by atoms with Gasteiger partial charge in [0.1, 0.15) is 6.54 Å². The van der Waals surface area contributed by atoms with Gasteiger partial charge in [-0.2, -0.15) is 4.98 Å². The minimum absolute atomic E-state index is 0.155. The molecule has 3 aromatic rings. The molecule has 0 saturated carbocycles. The van der Waals surface area contributed by atoms with Gasteiger partial charge < -0.3 is 14.6 Å². The number of aryl methyl sites for hydroxylation is 2. The lowest BCUT2D eigenvalue weighted by Gasteiger charge is -2.05. The molecular formula is C20H19N3O4. The fourth-order valence-corrected chi connectivity index (χ4v) is 2.37. The lowest BCUT2D eigenvalue weighted by atomic mass is 10.1. The van der Waals surface area contributed by atoms with E-state index < -0.39 is 5.97 Å². The summed E-state index contributed by atoms with van der Waals surface area (Å²) in [6.45, 7) is 3.48. The lowest BCUT2D eigenvalue weighted by Crippen LogP contribution is -2.30. The van der Waals surface area contributed by atoms with Crippen LogP contribution in [0.3, 0.4) is 0 Å². The van der Waals surface area contributed by atoms with E-state index in [-0.39, 0.29) is 24.9 Å². The minimum atomic E-state index is -0.592. The number of carbonyl (C=O) groups is 2. The Morgan fingerprint density at radius 1 is 1.07 bits per heavy atom. The van der Waals surface area contributed by atoms with Gasteiger partial charge in [0, 0.05) is 11.1 Å². The number of nitrogens with one attached hydrogen (secondary N) is 1. The van der Waals surface area contributed by atoms with Gasteiger partial charge in [0.15, 0.2) is 6.61 Å². The molecule has 1 aromatic heterocycles. The Labute approximate surface area is 156 Å². The molecule has 1 amide bonds. The summed E-state index contributed by atoms with van der Waals surface area (Å²) in [6, 6.07) is 14.8. The van der Waals surface area contributed by atoms with Crippen LogP contribution in [-0.4, -0.2) is 28.6 Å². The maximum atomic E-state index is 12.0. The van der Waals surface area contributed by atoms with Crippen LogP contribution in [0.5, 0.6) is 0 Å². The second-order valence-corrected chi connectivity index (χ2v) is 6.09. The zero-order valence-electron chi connectivity index (χ0n) is 15.1. The maximum absolute atomic E-state index is 12.0. The Hall–Kier alpha value is -3.48. The Morgan fingerprint density at radius 3 is 2.59 bits per heavy atom. The first-order chi connectivity index (χ1) is 13.0. The minimum Gasteiger partial charge on any atom is -0.454 e. The van der Waals surface area contributed by atoms with Crippen LogP contribution in [0.1, 0.15) is 27.4 Å². The van der Waals surface area contributed by atoms with E-state index in [0.29, 0.717) is 11.4 Å². The molecule has 0 bridgehead atoms. The van der Waals surface area contributed by atoms with Crippen molar-refractivity contribution in [3.8, 4) is 11.4 Å². The van der Waals surface area contributed by atoms with E-state index in [1.165, 1.54) is 0 Å². The summed E-state index contributed by atoms with van der Waals surface area (Å²) < 4.78 is 10.1. The first-order valence-corrected chi connectivity index (χ1v) is 8.41. The number of esters is 1. The predicted molar refractivity (Wildman–Crippen MR) is 97.8 cm³/mol. The van der Waals surface area contributed by atoms with Gasteiger partial charge in [0.05, 0.1) is 0 Å². The normalized spacial score (nSPS) is 10.4. The second kappa shape index (κ2) is 8.27. The van der Waals surface area contributed by atoms with Crippen molar-refractivity contribution < 1.29 is 18.8 Å². The highest BCUT2D eigenvalue weighted by atomic mass is 16.6. The fourth-order valence-electron chi connectivity index (χ4n) is 2.37. The summed E-state index contributed by atoms with van der Waals surface area (Å²) >= 11 is 0. The SMILES string of the molecule is Cc1ccc(-c2noc(COC(=O)CNC(=O)c3cccc(C)c3)n2)cc1. The molecule has 27 heavy (non-hydrogen) atoms. The quantitative estimate of drug-likeness (QED) is 0.675. The number of hydrogen-bond donors (Lipinski definition) is 1. The molecule has 2 aromatic carbocycles. The Kier molecular flexibility index (Phi) is 5.61. The van der Waals surface area contributed by atoms with E-state index in [2.05, 4.69) is 15.5 Å². The van der Waals surface area contributed by atoms with Gasteiger partial charge in [-0.3, -0.25) is 9.59 Å². The molecule has 0 atom stereocenters. The number of amides is 1. The van der Waals surface area contributed by atoms with Gasteiger partial charge in [0.25, 0.3) is 11.8 Å². The average molecular weight is 365 g/mol. The highest BCUT2D eigenvalue weighted by molar-refractivity contribution is 5.96. The molecule has 3 rings (SSSR count). The average Bonchev–Trinajstić information content (AvgIpc) is 3.14. The van der Waals surface area contributed by atoms with E-state index in [0.717, 1.165) is 16.7 Å². The topological polar surface area (TPSA) is 94.3 Å². The van der Waals surface area contributed by atoms with Gasteiger partial charge in [-0.15, -0.1) is 0 Å². The summed E-state index contributed by atoms with van der Waals surface area (Å²) in [7, 11) is 0. The van der Waals surface area contributed by atoms with Gasteiger partial charge in [0.2, 0.25) is 5.82 Å². The number of ether oxygens (including phenoxy) is 1. The molecule has 7 nitrogen and oxygen atoms in total. The van der Waals surface area contributed by atoms with E-state index in [9.17, 15) is 9.59 Å². The Morgan fingerprint density at radius 2 is 1.85 bits per heavy atom. The molecule has 0 aliphatic carbocycles. The number of aromatic nitrogens is 2. The van der Waals surface area contributed by atoms with Gasteiger partial charge in [-0.1, -0.05) is 52.7 Å². The molecule has 0 unspecified atom stereocenters. The molecule has 7 heteroatoms. The third kappa shape index (κ3) is 5.01. The van der Waals surface area contributed by atoms with Gasteiger partial charge >= 0.3 is 5.97 Å². The van der Waals surface area contributed by atoms with Crippen molar-refractivity contribution in [2.24, 2.45) is 0 Å². The summed E-state index contributed by atoms with van der Waals surface area (Å²) in [5.41, 5.74) is 3.39. The molecule has 1 heterocycles. The third-order valence-electron chi connectivity index (χ3n) is 3.81. The zero-order valence-corrected chi connectivity index (χ0v) is 15.1. The summed E-state index contributed by atoms with van der Waals surface area (Å²) in [5.74, 6) is -0.320. The highest BCUT2D eigenvalue weighted by Gasteiger charge is 2.12. The van der Waals surface area contributed by atoms with Gasteiger partial charge in [-0.25, -0.2) is 0 Å². The second-order valence-electron chi connectivity index (χ2n) is 6.09. The van der Waals surface area contributed by atoms with E-state index in [1.807, 2.05) is 44.2 Å². The van der Waals surface area contributed by atoms with Crippen LogP contribution in [0.25, 0.3) is 11.4 Å². The molecular weight excluding hydrogens is 346 g/mol. The van der Waals surface area contributed by atoms with Crippen LogP contribution in [0, 0.1) is 13.8 Å². The van der Waals surface area contributed by atoms with E-state index in [1.54, 1.807) is 18.2 Å². The van der Waals surface area contributed by atoms with E-state index >= 15 is 0 Å². The number of nitrogens with zero attached hydrogens (tertiary/aromatic N) is 2. The smallest absolute Gasteiger partial charge is 0.325 e. The Bertz CT molecular complexity index is 948. The van der Waals surface area contributed by atoms with Crippen LogP contribution in [0.15, 0.2) is 53.1 Å². The first kappa shape index (κ1) is 18.3. The summed E-state index contributed by atoms with van der Waals surface area (Å²) in [4.78, 5) is 28.0. The monoisotopic (exact) mass is 365 g/mol. The van der Waals surface area contributed by atoms with Gasteiger partial charge in [-0.05, 0) is 26.0 Å². The summed E-state index contributed by atoms with van der Waals surface area (Å²) in [5, 5.41) is 6.39. The molecule has 0 spiro atoms. The predicted octanol–water partition coefficient (Wildman–Crippen LogP) is 2.83. The van der Waals surface area contributed by atoms with Crippen LogP contribution in [0.4, 0.5) is 0 Å². The largest absolute Gasteiger partial charge is 0.454 e.